The van der Waals surface area contributed by atoms with Crippen molar-refractivity contribution in [1.29, 1.82) is 0 Å². The Labute approximate surface area is 98.9 Å². The van der Waals surface area contributed by atoms with Crippen LogP contribution in [-0.4, -0.2) is 26.2 Å². The summed E-state index contributed by atoms with van der Waals surface area (Å²) in [5, 5.41) is 3.42. The van der Waals surface area contributed by atoms with Gasteiger partial charge in [0.15, 0.2) is 0 Å². The van der Waals surface area contributed by atoms with E-state index in [2.05, 4.69) is 19.2 Å². The third-order valence-electron chi connectivity index (χ3n) is 3.90. The van der Waals surface area contributed by atoms with Crippen molar-refractivity contribution in [2.75, 3.05) is 20.2 Å². The minimum Gasteiger partial charge on any atom is -0.469 e. The van der Waals surface area contributed by atoms with Crippen LogP contribution in [0.15, 0.2) is 0 Å². The molecule has 0 saturated heterocycles. The molecule has 0 aromatic rings. The number of hydrogen-bond acceptors (Lipinski definition) is 3. The van der Waals surface area contributed by atoms with Crippen LogP contribution < -0.4 is 5.32 Å². The van der Waals surface area contributed by atoms with Crippen molar-refractivity contribution in [3.63, 3.8) is 0 Å². The van der Waals surface area contributed by atoms with E-state index in [-0.39, 0.29) is 5.97 Å². The monoisotopic (exact) mass is 227 g/mol. The van der Waals surface area contributed by atoms with Gasteiger partial charge in [-0.2, -0.15) is 0 Å². The van der Waals surface area contributed by atoms with Gasteiger partial charge in [-0.25, -0.2) is 0 Å². The van der Waals surface area contributed by atoms with Crippen LogP contribution in [0.2, 0.25) is 0 Å². The van der Waals surface area contributed by atoms with Gasteiger partial charge in [-0.05, 0) is 38.0 Å². The Morgan fingerprint density at radius 3 is 2.38 bits per heavy atom. The largest absolute Gasteiger partial charge is 0.469 e. The number of ether oxygens (including phenoxy) is 1. The lowest BCUT2D eigenvalue weighted by Gasteiger charge is -2.25. The molecule has 3 nitrogen and oxygen atoms in total. The summed E-state index contributed by atoms with van der Waals surface area (Å²) >= 11 is 0. The van der Waals surface area contributed by atoms with Crippen molar-refractivity contribution in [2.24, 2.45) is 16.7 Å². The van der Waals surface area contributed by atoms with E-state index in [1.807, 2.05) is 13.8 Å². The lowest BCUT2D eigenvalue weighted by molar-refractivity contribution is -0.150. The summed E-state index contributed by atoms with van der Waals surface area (Å²) in [7, 11) is 1.45. The highest BCUT2D eigenvalue weighted by molar-refractivity contribution is 5.76. The van der Waals surface area contributed by atoms with E-state index in [4.69, 9.17) is 4.74 Å². The molecule has 1 N–H and O–H groups in total. The highest BCUT2D eigenvalue weighted by atomic mass is 16.5. The first-order valence-electron chi connectivity index (χ1n) is 6.13. The van der Waals surface area contributed by atoms with Crippen LogP contribution in [0.3, 0.4) is 0 Å². The summed E-state index contributed by atoms with van der Waals surface area (Å²) in [5.41, 5.74) is 0.0635. The first kappa shape index (κ1) is 13.5. The maximum atomic E-state index is 11.5. The standard InChI is InChI=1S/C13H25NO2/c1-10(2)13(6-7-13)9-14-8-12(3,4)11(15)16-5/h10,14H,6-9H2,1-5H3. The first-order chi connectivity index (χ1) is 7.34. The summed E-state index contributed by atoms with van der Waals surface area (Å²) in [6.45, 7) is 10.1. The van der Waals surface area contributed by atoms with Crippen LogP contribution in [0, 0.1) is 16.7 Å². The van der Waals surface area contributed by atoms with Crippen molar-refractivity contribution in [3.8, 4) is 0 Å². The van der Waals surface area contributed by atoms with Gasteiger partial charge in [-0.3, -0.25) is 4.79 Å². The molecule has 0 heterocycles. The zero-order valence-electron chi connectivity index (χ0n) is 11.2. The van der Waals surface area contributed by atoms with Gasteiger partial charge in [0.2, 0.25) is 0 Å². The molecule has 1 rings (SSSR count). The van der Waals surface area contributed by atoms with Crippen LogP contribution in [0.1, 0.15) is 40.5 Å². The quantitative estimate of drug-likeness (QED) is 0.707. The lowest BCUT2D eigenvalue weighted by Crippen LogP contribution is -2.39. The van der Waals surface area contributed by atoms with Crippen molar-refractivity contribution < 1.29 is 9.53 Å². The Balaban J connectivity index is 2.33. The minimum absolute atomic E-state index is 0.144. The Morgan fingerprint density at radius 1 is 1.44 bits per heavy atom. The molecule has 1 saturated carbocycles. The number of esters is 1. The molecule has 94 valence electrons. The van der Waals surface area contributed by atoms with Crippen molar-refractivity contribution in [3.05, 3.63) is 0 Å². The average Bonchev–Trinajstić information content (AvgIpc) is 2.97. The summed E-state index contributed by atoms with van der Waals surface area (Å²) in [6, 6.07) is 0. The fraction of sp³-hybridized carbons (Fsp3) is 0.923. The normalized spacial score (nSPS) is 18.6. The third-order valence-corrected chi connectivity index (χ3v) is 3.90. The predicted molar refractivity (Wildman–Crippen MR) is 65.2 cm³/mol. The molecule has 1 fully saturated rings. The Bertz CT molecular complexity index is 255. The summed E-state index contributed by atoms with van der Waals surface area (Å²) in [6.07, 6.45) is 2.63. The molecule has 0 radical (unpaired) electrons. The van der Waals surface area contributed by atoms with Gasteiger partial charge in [-0.1, -0.05) is 13.8 Å². The van der Waals surface area contributed by atoms with E-state index >= 15 is 0 Å². The number of carbonyl (C=O) groups is 1. The fourth-order valence-electron chi connectivity index (χ4n) is 2.09. The Morgan fingerprint density at radius 2 is 2.00 bits per heavy atom. The summed E-state index contributed by atoms with van der Waals surface area (Å²) in [4.78, 5) is 11.5. The smallest absolute Gasteiger partial charge is 0.312 e. The van der Waals surface area contributed by atoms with Crippen LogP contribution >= 0.6 is 0 Å². The van der Waals surface area contributed by atoms with Crippen molar-refractivity contribution in [2.45, 2.75) is 40.5 Å². The zero-order valence-corrected chi connectivity index (χ0v) is 11.2. The second-order valence-corrected chi connectivity index (χ2v) is 6.00. The topological polar surface area (TPSA) is 38.3 Å². The molecule has 3 heteroatoms. The Hall–Kier alpha value is -0.570. The predicted octanol–water partition coefficient (Wildman–Crippen LogP) is 2.21. The fourth-order valence-corrected chi connectivity index (χ4v) is 2.09. The molecule has 0 aliphatic heterocycles. The molecule has 0 spiro atoms. The van der Waals surface area contributed by atoms with Gasteiger partial charge >= 0.3 is 5.97 Å². The number of hydrogen-bond donors (Lipinski definition) is 1. The maximum Gasteiger partial charge on any atom is 0.312 e. The van der Waals surface area contributed by atoms with Gasteiger partial charge < -0.3 is 10.1 Å². The van der Waals surface area contributed by atoms with E-state index < -0.39 is 5.41 Å². The number of methoxy groups -OCH3 is 1. The molecule has 0 atom stereocenters. The van der Waals surface area contributed by atoms with E-state index in [9.17, 15) is 4.79 Å². The van der Waals surface area contributed by atoms with E-state index in [0.29, 0.717) is 12.0 Å². The number of nitrogens with one attached hydrogen (secondary N) is 1. The highest BCUT2D eigenvalue weighted by Gasteiger charge is 2.45. The van der Waals surface area contributed by atoms with Crippen LogP contribution in [0.25, 0.3) is 0 Å². The molecule has 0 amide bonds. The van der Waals surface area contributed by atoms with Crippen molar-refractivity contribution in [1.82, 2.24) is 5.32 Å². The average molecular weight is 227 g/mol. The van der Waals surface area contributed by atoms with E-state index in [1.165, 1.54) is 20.0 Å². The summed E-state index contributed by atoms with van der Waals surface area (Å²) in [5.74, 6) is 0.579. The van der Waals surface area contributed by atoms with E-state index in [1.54, 1.807) is 0 Å². The molecule has 0 aromatic carbocycles. The molecule has 0 unspecified atom stereocenters. The minimum atomic E-state index is -0.429. The van der Waals surface area contributed by atoms with Gasteiger partial charge in [0.1, 0.15) is 0 Å². The van der Waals surface area contributed by atoms with Crippen molar-refractivity contribution >= 4 is 5.97 Å². The first-order valence-corrected chi connectivity index (χ1v) is 6.13. The molecule has 0 bridgehead atoms. The van der Waals surface area contributed by atoms with E-state index in [0.717, 1.165) is 12.5 Å². The van der Waals surface area contributed by atoms with Gasteiger partial charge in [-0.15, -0.1) is 0 Å². The second-order valence-electron chi connectivity index (χ2n) is 6.00. The van der Waals surface area contributed by atoms with Gasteiger partial charge in [0, 0.05) is 13.1 Å². The van der Waals surface area contributed by atoms with Crippen LogP contribution in [0.5, 0.6) is 0 Å². The second kappa shape index (κ2) is 4.74. The molecule has 1 aliphatic carbocycles. The SMILES string of the molecule is COC(=O)C(C)(C)CNCC1(C(C)C)CC1. The van der Waals surface area contributed by atoms with Crippen LogP contribution in [-0.2, 0) is 9.53 Å². The Kier molecular flexibility index (Phi) is 4.00. The highest BCUT2D eigenvalue weighted by Crippen LogP contribution is 2.51. The lowest BCUT2D eigenvalue weighted by atomic mass is 9.90. The molecule has 0 aromatic heterocycles. The number of rotatable bonds is 6. The summed E-state index contributed by atoms with van der Waals surface area (Å²) < 4.78 is 4.78. The van der Waals surface area contributed by atoms with Gasteiger partial charge in [0.25, 0.3) is 0 Å². The molecular weight excluding hydrogens is 202 g/mol. The zero-order chi connectivity index (χ0) is 12.4. The third kappa shape index (κ3) is 2.97. The maximum absolute atomic E-state index is 11.5. The number of carbonyl (C=O) groups excluding carboxylic acids is 1. The molecule has 16 heavy (non-hydrogen) atoms. The molecule has 1 aliphatic rings. The van der Waals surface area contributed by atoms with Gasteiger partial charge in [0.05, 0.1) is 12.5 Å². The van der Waals surface area contributed by atoms with Crippen LogP contribution in [0.4, 0.5) is 0 Å². The molecular formula is C13H25NO2.